The molecule has 196 valence electrons. The maximum Gasteiger partial charge on any atom is 0.430 e. The average Bonchev–Trinajstić information content (AvgIpc) is 3.06. The Morgan fingerprint density at radius 3 is 2.03 bits per heavy atom. The quantitative estimate of drug-likeness (QED) is 0.369. The highest BCUT2D eigenvalue weighted by Crippen LogP contribution is 2.51. The van der Waals surface area contributed by atoms with Gasteiger partial charge in [0.2, 0.25) is 5.91 Å². The molecule has 3 nitrogen and oxygen atoms in total. The van der Waals surface area contributed by atoms with Gasteiger partial charge in [-0.1, -0.05) is 72.8 Å². The number of fused-ring (bicyclic) bond motifs is 1. The van der Waals surface area contributed by atoms with E-state index in [-0.39, 0.29) is 23.6 Å². The SMILES string of the molecule is CC(C(=O)N1c2ccc(C(O)(C(F)(F)F)C(F)(F)F)cc2CCC[C@H]1c1ccccc1)c1ccccc1. The molecule has 0 bridgehead atoms. The highest BCUT2D eigenvalue weighted by Gasteiger charge is 2.71. The highest BCUT2D eigenvalue weighted by molar-refractivity contribution is 5.99. The van der Waals surface area contributed by atoms with Crippen LogP contribution in [-0.4, -0.2) is 23.4 Å². The number of carbonyl (C=O) groups excluding carboxylic acids is 1. The number of hydrogen-bond donors (Lipinski definition) is 1. The normalized spacial score (nSPS) is 17.6. The second kappa shape index (κ2) is 9.85. The van der Waals surface area contributed by atoms with Gasteiger partial charge in [0, 0.05) is 11.3 Å². The van der Waals surface area contributed by atoms with E-state index in [0.29, 0.717) is 18.9 Å². The fourth-order valence-electron chi connectivity index (χ4n) is 4.87. The van der Waals surface area contributed by atoms with Gasteiger partial charge in [0.1, 0.15) is 0 Å². The van der Waals surface area contributed by atoms with Crippen molar-refractivity contribution in [2.24, 2.45) is 0 Å². The van der Waals surface area contributed by atoms with Crippen molar-refractivity contribution in [2.45, 2.75) is 56.1 Å². The van der Waals surface area contributed by atoms with Gasteiger partial charge in [0.25, 0.3) is 5.60 Å². The van der Waals surface area contributed by atoms with Crippen molar-refractivity contribution in [2.75, 3.05) is 4.90 Å². The fraction of sp³-hybridized carbons (Fsp3) is 0.321. The predicted octanol–water partition coefficient (Wildman–Crippen LogP) is 7.21. The van der Waals surface area contributed by atoms with Gasteiger partial charge >= 0.3 is 12.4 Å². The van der Waals surface area contributed by atoms with Crippen LogP contribution in [-0.2, 0) is 16.8 Å². The Morgan fingerprint density at radius 2 is 1.46 bits per heavy atom. The van der Waals surface area contributed by atoms with Crippen LogP contribution in [0.3, 0.4) is 0 Å². The molecule has 1 unspecified atom stereocenters. The van der Waals surface area contributed by atoms with Crippen molar-refractivity contribution < 1.29 is 36.2 Å². The lowest BCUT2D eigenvalue weighted by atomic mass is 9.89. The Labute approximate surface area is 210 Å². The number of hydrogen-bond acceptors (Lipinski definition) is 2. The molecule has 0 radical (unpaired) electrons. The minimum absolute atomic E-state index is 0.136. The lowest BCUT2D eigenvalue weighted by molar-refractivity contribution is -0.376. The molecule has 1 N–H and O–H groups in total. The summed E-state index contributed by atoms with van der Waals surface area (Å²) in [7, 11) is 0. The second-order valence-electron chi connectivity index (χ2n) is 9.21. The van der Waals surface area contributed by atoms with Gasteiger partial charge in [0.15, 0.2) is 0 Å². The average molecular weight is 522 g/mol. The molecule has 1 amide bonds. The Kier molecular flexibility index (Phi) is 7.12. The molecule has 0 aromatic heterocycles. The summed E-state index contributed by atoms with van der Waals surface area (Å²) in [5.74, 6) is -0.960. The van der Waals surface area contributed by atoms with Crippen LogP contribution in [0.5, 0.6) is 0 Å². The van der Waals surface area contributed by atoms with E-state index in [1.807, 2.05) is 18.2 Å². The van der Waals surface area contributed by atoms with Crippen LogP contribution in [0.1, 0.15) is 54.0 Å². The van der Waals surface area contributed by atoms with Crippen LogP contribution in [0.25, 0.3) is 0 Å². The van der Waals surface area contributed by atoms with Crippen molar-refractivity contribution >= 4 is 11.6 Å². The minimum Gasteiger partial charge on any atom is -0.369 e. The smallest absolute Gasteiger partial charge is 0.369 e. The Hall–Kier alpha value is -3.33. The molecule has 1 aliphatic rings. The molecule has 3 aromatic carbocycles. The molecule has 3 aromatic rings. The molecule has 9 heteroatoms. The summed E-state index contributed by atoms with van der Waals surface area (Å²) < 4.78 is 81.3. The lowest BCUT2D eigenvalue weighted by Crippen LogP contribution is -2.54. The van der Waals surface area contributed by atoms with E-state index in [1.54, 1.807) is 49.4 Å². The standard InChI is InChI=1S/C28H25F6NO2/c1-18(19-9-4-2-5-10-19)25(36)35-23(20-11-6-3-7-12-20)14-8-13-21-17-22(15-16-24(21)35)26(37,27(29,30)31)28(32,33)34/h2-7,9-12,15-18,23,37H,8,13-14H2,1H3/t18?,23-/m0/s1. The van der Waals surface area contributed by atoms with Crippen molar-refractivity contribution in [1.29, 1.82) is 0 Å². The Balaban J connectivity index is 1.87. The van der Waals surface area contributed by atoms with E-state index in [9.17, 15) is 36.2 Å². The summed E-state index contributed by atoms with van der Waals surface area (Å²) in [5, 5.41) is 9.94. The highest BCUT2D eigenvalue weighted by atomic mass is 19.4. The van der Waals surface area contributed by atoms with Crippen LogP contribution >= 0.6 is 0 Å². The van der Waals surface area contributed by atoms with Crippen LogP contribution in [0.4, 0.5) is 32.0 Å². The molecule has 4 rings (SSSR count). The van der Waals surface area contributed by atoms with E-state index in [1.165, 1.54) is 4.90 Å². The van der Waals surface area contributed by atoms with Crippen LogP contribution in [0, 0.1) is 0 Å². The first-order valence-corrected chi connectivity index (χ1v) is 11.8. The van der Waals surface area contributed by atoms with Crippen molar-refractivity contribution in [1.82, 2.24) is 0 Å². The largest absolute Gasteiger partial charge is 0.430 e. The fourth-order valence-corrected chi connectivity index (χ4v) is 4.87. The van der Waals surface area contributed by atoms with E-state index in [0.717, 1.165) is 23.3 Å². The molecule has 0 spiro atoms. The first kappa shape index (κ1) is 26.7. The molecule has 0 saturated heterocycles. The van der Waals surface area contributed by atoms with Gasteiger partial charge in [-0.25, -0.2) is 0 Å². The number of anilines is 1. The molecule has 1 heterocycles. The first-order valence-electron chi connectivity index (χ1n) is 11.8. The van der Waals surface area contributed by atoms with Gasteiger partial charge in [-0.2, -0.15) is 26.3 Å². The summed E-state index contributed by atoms with van der Waals surface area (Å²) >= 11 is 0. The molecular formula is C28H25F6NO2. The van der Waals surface area contributed by atoms with E-state index >= 15 is 0 Å². The summed E-state index contributed by atoms with van der Waals surface area (Å²) in [5.41, 5.74) is -4.47. The maximum atomic E-state index is 13.9. The van der Waals surface area contributed by atoms with Crippen molar-refractivity contribution in [3.8, 4) is 0 Å². The zero-order chi connectivity index (χ0) is 27.0. The van der Waals surface area contributed by atoms with Gasteiger partial charge in [-0.15, -0.1) is 0 Å². The van der Waals surface area contributed by atoms with E-state index < -0.39 is 35.5 Å². The summed E-state index contributed by atoms with van der Waals surface area (Å²) in [6, 6.07) is 20.0. The number of benzene rings is 3. The number of rotatable bonds is 4. The van der Waals surface area contributed by atoms with Crippen molar-refractivity contribution in [3.05, 3.63) is 101 Å². The molecule has 0 saturated carbocycles. The first-order chi connectivity index (χ1) is 17.4. The van der Waals surface area contributed by atoms with Crippen LogP contribution in [0.15, 0.2) is 78.9 Å². The van der Waals surface area contributed by atoms with Gasteiger partial charge < -0.3 is 10.0 Å². The second-order valence-corrected chi connectivity index (χ2v) is 9.21. The number of carbonyl (C=O) groups is 1. The number of aryl methyl sites for hydroxylation is 1. The third-order valence-electron chi connectivity index (χ3n) is 6.90. The van der Waals surface area contributed by atoms with Gasteiger partial charge in [0.05, 0.1) is 12.0 Å². The topological polar surface area (TPSA) is 40.5 Å². The van der Waals surface area contributed by atoms with E-state index in [2.05, 4.69) is 0 Å². The lowest BCUT2D eigenvalue weighted by Gasteiger charge is -2.35. The third-order valence-corrected chi connectivity index (χ3v) is 6.90. The third kappa shape index (κ3) is 4.84. The monoisotopic (exact) mass is 521 g/mol. The van der Waals surface area contributed by atoms with E-state index in [4.69, 9.17) is 0 Å². The van der Waals surface area contributed by atoms with Crippen LogP contribution in [0.2, 0.25) is 0 Å². The Bertz CT molecular complexity index is 1230. The zero-order valence-electron chi connectivity index (χ0n) is 19.9. The number of amides is 1. The molecule has 37 heavy (non-hydrogen) atoms. The Morgan fingerprint density at radius 1 is 0.892 bits per heavy atom. The molecular weight excluding hydrogens is 496 g/mol. The minimum atomic E-state index is -5.99. The number of aliphatic hydroxyl groups is 1. The van der Waals surface area contributed by atoms with Gasteiger partial charge in [-0.3, -0.25) is 4.79 Å². The number of alkyl halides is 6. The number of halogens is 6. The molecule has 0 aliphatic carbocycles. The zero-order valence-corrected chi connectivity index (χ0v) is 19.9. The molecule has 2 atom stereocenters. The molecule has 1 aliphatic heterocycles. The van der Waals surface area contributed by atoms with Crippen LogP contribution < -0.4 is 4.90 Å². The summed E-state index contributed by atoms with van der Waals surface area (Å²) in [6.07, 6.45) is -11.0. The van der Waals surface area contributed by atoms with Gasteiger partial charge in [-0.05, 0) is 48.9 Å². The number of nitrogens with zero attached hydrogens (tertiary/aromatic N) is 1. The summed E-state index contributed by atoms with van der Waals surface area (Å²) in [4.78, 5) is 15.4. The molecule has 0 fully saturated rings. The maximum absolute atomic E-state index is 13.9. The predicted molar refractivity (Wildman–Crippen MR) is 127 cm³/mol. The van der Waals surface area contributed by atoms with Crippen molar-refractivity contribution in [3.63, 3.8) is 0 Å². The summed E-state index contributed by atoms with van der Waals surface area (Å²) in [6.45, 7) is 1.71.